The number of rotatable bonds is 5. The van der Waals surface area contributed by atoms with Gasteiger partial charge in [-0.05, 0) is 41.2 Å². The first-order chi connectivity index (χ1) is 11.3. The second-order valence-corrected chi connectivity index (χ2v) is 7.25. The summed E-state index contributed by atoms with van der Waals surface area (Å²) >= 11 is 6.06. The van der Waals surface area contributed by atoms with Gasteiger partial charge >= 0.3 is 0 Å². The highest BCUT2D eigenvalue weighted by Gasteiger charge is 2.13. The number of ether oxygens (including phenoxy) is 1. The third-order valence-electron chi connectivity index (χ3n) is 3.90. The van der Waals surface area contributed by atoms with Crippen LogP contribution >= 0.6 is 11.6 Å². The summed E-state index contributed by atoms with van der Waals surface area (Å²) in [6.07, 6.45) is 1.14. The number of aryl methyl sites for hydroxylation is 1. The van der Waals surface area contributed by atoms with Crippen LogP contribution in [-0.4, -0.2) is 13.0 Å². The number of amides is 1. The van der Waals surface area contributed by atoms with Crippen molar-refractivity contribution >= 4 is 23.2 Å². The summed E-state index contributed by atoms with van der Waals surface area (Å²) in [6.45, 7) is 6.57. The first-order valence-corrected chi connectivity index (χ1v) is 8.40. The van der Waals surface area contributed by atoms with Crippen LogP contribution in [0.15, 0.2) is 42.5 Å². The molecule has 24 heavy (non-hydrogen) atoms. The number of carbonyl (C=O) groups excluding carboxylic acids is 1. The number of anilines is 1. The lowest BCUT2D eigenvalue weighted by Gasteiger charge is -2.19. The summed E-state index contributed by atoms with van der Waals surface area (Å²) < 4.78 is 5.10. The van der Waals surface area contributed by atoms with Crippen LogP contribution < -0.4 is 10.1 Å². The van der Waals surface area contributed by atoms with Crippen molar-refractivity contribution < 1.29 is 9.53 Å². The predicted molar refractivity (Wildman–Crippen MR) is 100 cm³/mol. The zero-order valence-electron chi connectivity index (χ0n) is 14.7. The van der Waals surface area contributed by atoms with Gasteiger partial charge in [-0.2, -0.15) is 0 Å². The molecule has 0 bridgehead atoms. The van der Waals surface area contributed by atoms with Crippen molar-refractivity contribution in [3.8, 4) is 5.75 Å². The van der Waals surface area contributed by atoms with Gasteiger partial charge in [0, 0.05) is 12.1 Å². The van der Waals surface area contributed by atoms with Crippen LogP contribution in [0.5, 0.6) is 5.75 Å². The van der Waals surface area contributed by atoms with E-state index >= 15 is 0 Å². The summed E-state index contributed by atoms with van der Waals surface area (Å²) in [5, 5.41) is 3.34. The highest BCUT2D eigenvalue weighted by Crippen LogP contribution is 2.27. The molecule has 4 heteroatoms. The fourth-order valence-electron chi connectivity index (χ4n) is 2.40. The van der Waals surface area contributed by atoms with E-state index in [1.807, 2.05) is 0 Å². The second-order valence-electron chi connectivity index (χ2n) is 6.84. The smallest absolute Gasteiger partial charge is 0.224 e. The van der Waals surface area contributed by atoms with Crippen molar-refractivity contribution in [1.82, 2.24) is 0 Å². The highest BCUT2D eigenvalue weighted by molar-refractivity contribution is 6.32. The number of carbonyl (C=O) groups is 1. The van der Waals surface area contributed by atoms with Gasteiger partial charge in [-0.25, -0.2) is 0 Å². The largest absolute Gasteiger partial charge is 0.495 e. The molecule has 0 fully saturated rings. The fourth-order valence-corrected chi connectivity index (χ4v) is 2.65. The number of hydrogen-bond acceptors (Lipinski definition) is 2. The van der Waals surface area contributed by atoms with Crippen LogP contribution in [0.25, 0.3) is 0 Å². The van der Waals surface area contributed by atoms with Crippen molar-refractivity contribution in [1.29, 1.82) is 0 Å². The van der Waals surface area contributed by atoms with Gasteiger partial charge in [0.25, 0.3) is 0 Å². The number of nitrogens with one attached hydrogen (secondary N) is 1. The average molecular weight is 346 g/mol. The number of hydrogen-bond donors (Lipinski definition) is 1. The third kappa shape index (κ3) is 5.00. The van der Waals surface area contributed by atoms with Gasteiger partial charge in [0.15, 0.2) is 0 Å². The zero-order valence-corrected chi connectivity index (χ0v) is 15.4. The molecule has 2 aromatic carbocycles. The van der Waals surface area contributed by atoms with Crippen molar-refractivity contribution in [2.75, 3.05) is 12.4 Å². The monoisotopic (exact) mass is 345 g/mol. The molecule has 0 radical (unpaired) electrons. The molecule has 0 aliphatic rings. The normalized spacial score (nSPS) is 11.2. The molecule has 0 saturated heterocycles. The minimum absolute atomic E-state index is 0.0314. The van der Waals surface area contributed by atoms with Crippen LogP contribution in [0, 0.1) is 0 Å². The molecule has 0 unspecified atom stereocenters. The minimum atomic E-state index is -0.0314. The lowest BCUT2D eigenvalue weighted by Crippen LogP contribution is -2.13. The van der Waals surface area contributed by atoms with Crippen LogP contribution in [0.2, 0.25) is 5.02 Å². The predicted octanol–water partition coefficient (Wildman–Crippen LogP) is 5.22. The molecule has 1 amide bonds. The molecule has 0 spiro atoms. The molecule has 0 aliphatic carbocycles. The summed E-state index contributed by atoms with van der Waals surface area (Å²) in [5.41, 5.74) is 3.27. The van der Waals surface area contributed by atoms with Crippen LogP contribution in [0.3, 0.4) is 0 Å². The zero-order chi connectivity index (χ0) is 17.7. The van der Waals surface area contributed by atoms with E-state index in [2.05, 4.69) is 50.4 Å². The van der Waals surface area contributed by atoms with Crippen LogP contribution in [0.4, 0.5) is 5.69 Å². The molecule has 2 aromatic rings. The summed E-state index contributed by atoms with van der Waals surface area (Å²) in [4.78, 5) is 12.1. The second kappa shape index (κ2) is 7.71. The van der Waals surface area contributed by atoms with Crippen molar-refractivity contribution in [3.63, 3.8) is 0 Å². The van der Waals surface area contributed by atoms with Gasteiger partial charge in [0.05, 0.1) is 12.1 Å². The lowest BCUT2D eigenvalue weighted by atomic mass is 9.86. The summed E-state index contributed by atoms with van der Waals surface area (Å²) in [7, 11) is 1.56. The fraction of sp³-hybridized carbons (Fsp3) is 0.350. The molecule has 3 nitrogen and oxygen atoms in total. The molecular weight excluding hydrogens is 322 g/mol. The van der Waals surface area contributed by atoms with Gasteiger partial charge in [-0.3, -0.25) is 4.79 Å². The Hall–Kier alpha value is -2.00. The van der Waals surface area contributed by atoms with E-state index in [1.165, 1.54) is 5.56 Å². The Morgan fingerprint density at radius 3 is 2.33 bits per heavy atom. The van der Waals surface area contributed by atoms with Gasteiger partial charge in [-0.15, -0.1) is 0 Å². The molecular formula is C20H24ClNO2. The van der Waals surface area contributed by atoms with E-state index in [1.54, 1.807) is 25.3 Å². The highest BCUT2D eigenvalue weighted by atomic mass is 35.5. The first-order valence-electron chi connectivity index (χ1n) is 8.02. The molecule has 0 heterocycles. The molecule has 0 saturated carbocycles. The third-order valence-corrected chi connectivity index (χ3v) is 4.19. The van der Waals surface area contributed by atoms with E-state index in [0.717, 1.165) is 5.56 Å². The maximum absolute atomic E-state index is 12.1. The van der Waals surface area contributed by atoms with Crippen LogP contribution in [-0.2, 0) is 16.6 Å². The Balaban J connectivity index is 1.90. The molecule has 0 aromatic heterocycles. The lowest BCUT2D eigenvalue weighted by molar-refractivity contribution is -0.116. The average Bonchev–Trinajstić information content (AvgIpc) is 2.53. The van der Waals surface area contributed by atoms with Gasteiger partial charge < -0.3 is 10.1 Å². The molecule has 1 N–H and O–H groups in total. The van der Waals surface area contributed by atoms with Crippen LogP contribution in [0.1, 0.15) is 38.3 Å². The van der Waals surface area contributed by atoms with Crippen molar-refractivity contribution in [3.05, 3.63) is 58.6 Å². The van der Waals surface area contributed by atoms with E-state index < -0.39 is 0 Å². The Morgan fingerprint density at radius 1 is 1.12 bits per heavy atom. The molecule has 0 aliphatic heterocycles. The molecule has 128 valence electrons. The number of halogens is 1. The van der Waals surface area contributed by atoms with Gasteiger partial charge in [0.1, 0.15) is 5.75 Å². The van der Waals surface area contributed by atoms with Gasteiger partial charge in [-0.1, -0.05) is 56.6 Å². The quantitative estimate of drug-likeness (QED) is 0.807. The molecule has 0 atom stereocenters. The van der Waals surface area contributed by atoms with Gasteiger partial charge in [0.2, 0.25) is 5.91 Å². The number of methoxy groups -OCH3 is 1. The van der Waals surface area contributed by atoms with Crippen molar-refractivity contribution in [2.24, 2.45) is 0 Å². The van der Waals surface area contributed by atoms with Crippen molar-refractivity contribution in [2.45, 2.75) is 39.0 Å². The van der Waals surface area contributed by atoms with E-state index in [-0.39, 0.29) is 11.3 Å². The van der Waals surface area contributed by atoms with E-state index in [0.29, 0.717) is 29.3 Å². The Morgan fingerprint density at radius 2 is 1.79 bits per heavy atom. The minimum Gasteiger partial charge on any atom is -0.495 e. The summed E-state index contributed by atoms with van der Waals surface area (Å²) in [5.74, 6) is 0.560. The number of benzene rings is 2. The maximum Gasteiger partial charge on any atom is 0.224 e. The SMILES string of the molecule is COc1ccc(NC(=O)CCc2ccc(C(C)(C)C)cc2)cc1Cl. The van der Waals surface area contributed by atoms with E-state index in [9.17, 15) is 4.79 Å². The summed E-state index contributed by atoms with van der Waals surface area (Å²) in [6, 6.07) is 13.7. The maximum atomic E-state index is 12.1. The first kappa shape index (κ1) is 18.3. The topological polar surface area (TPSA) is 38.3 Å². The Bertz CT molecular complexity index is 703. The molecule has 2 rings (SSSR count). The Labute approximate surface area is 149 Å². The standard InChI is InChI=1S/C20H24ClNO2/c1-20(2,3)15-8-5-14(6-9-15)7-12-19(23)22-16-10-11-18(24-4)17(21)13-16/h5-6,8-11,13H,7,12H2,1-4H3,(H,22,23). The Kier molecular flexibility index (Phi) is 5.89. The van der Waals surface area contributed by atoms with E-state index in [4.69, 9.17) is 16.3 Å².